The maximum Gasteiger partial charge on any atom is 0.419 e. The van der Waals surface area contributed by atoms with Crippen molar-refractivity contribution in [2.24, 2.45) is 5.73 Å². The third-order valence-corrected chi connectivity index (χ3v) is 2.60. The molecule has 9 heteroatoms. The Kier molecular flexibility index (Phi) is 4.87. The molecule has 21 heavy (non-hydrogen) atoms. The number of halogens is 6. The van der Waals surface area contributed by atoms with Crippen molar-refractivity contribution in [3.8, 4) is 0 Å². The van der Waals surface area contributed by atoms with Crippen LogP contribution >= 0.6 is 0 Å². The van der Waals surface area contributed by atoms with Gasteiger partial charge in [0.05, 0.1) is 12.2 Å². The topological polar surface area (TPSA) is 52.3 Å². The van der Waals surface area contributed by atoms with Crippen molar-refractivity contribution in [1.82, 2.24) is 0 Å². The number of ether oxygens (including phenoxy) is 1. The highest BCUT2D eigenvalue weighted by atomic mass is 19.4. The maximum atomic E-state index is 13.6. The number of carbonyl (C=O) groups excluding carboxylic acids is 1. The number of carbonyl (C=O) groups is 1. The first-order chi connectivity index (χ1) is 9.51. The summed E-state index contributed by atoms with van der Waals surface area (Å²) in [5.41, 5.74) is 2.87. The van der Waals surface area contributed by atoms with Gasteiger partial charge in [0, 0.05) is 0 Å². The first kappa shape index (κ1) is 17.3. The van der Waals surface area contributed by atoms with Crippen LogP contribution in [0.15, 0.2) is 18.2 Å². The predicted molar refractivity (Wildman–Crippen MR) is 59.9 cm³/mol. The second kappa shape index (κ2) is 5.92. The molecule has 2 N–H and O–H groups in total. The van der Waals surface area contributed by atoms with E-state index < -0.39 is 41.1 Å². The summed E-state index contributed by atoms with van der Waals surface area (Å²) in [6.45, 7) is 0.958. The van der Waals surface area contributed by atoms with Gasteiger partial charge in [-0.25, -0.2) is 9.18 Å². The van der Waals surface area contributed by atoms with Gasteiger partial charge >= 0.3 is 18.1 Å². The van der Waals surface area contributed by atoms with E-state index in [0.29, 0.717) is 6.07 Å². The van der Waals surface area contributed by atoms with Crippen LogP contribution in [0.3, 0.4) is 0 Å². The van der Waals surface area contributed by atoms with Crippen molar-refractivity contribution in [3.05, 3.63) is 35.1 Å². The quantitative estimate of drug-likeness (QED) is 0.686. The standard InChI is InChI=1S/C12H11F6NO2/c1-2-21-10(20)11(14,15)9(19)6-3-4-7(8(13)5-6)12(16,17)18/h3-5,9H,2,19H2,1H3/t9-/m1/s1. The summed E-state index contributed by atoms with van der Waals surface area (Å²) in [6, 6.07) is -1.23. The molecule has 0 bridgehead atoms. The second-order valence-electron chi connectivity index (χ2n) is 4.06. The largest absolute Gasteiger partial charge is 0.462 e. The molecule has 0 aliphatic carbocycles. The van der Waals surface area contributed by atoms with Gasteiger partial charge in [0.1, 0.15) is 11.9 Å². The van der Waals surface area contributed by atoms with Gasteiger partial charge in [-0.3, -0.25) is 0 Å². The lowest BCUT2D eigenvalue weighted by molar-refractivity contribution is -0.174. The van der Waals surface area contributed by atoms with Crippen LogP contribution in [0.4, 0.5) is 26.3 Å². The molecule has 0 aromatic heterocycles. The Morgan fingerprint density at radius 3 is 2.29 bits per heavy atom. The summed E-state index contributed by atoms with van der Waals surface area (Å²) in [7, 11) is 0. The van der Waals surface area contributed by atoms with E-state index in [1.165, 1.54) is 6.92 Å². The van der Waals surface area contributed by atoms with E-state index in [2.05, 4.69) is 4.74 Å². The number of nitrogens with two attached hydrogens (primary N) is 1. The molecule has 0 saturated heterocycles. The fourth-order valence-electron chi connectivity index (χ4n) is 1.52. The minimum Gasteiger partial charge on any atom is -0.462 e. The lowest BCUT2D eigenvalue weighted by atomic mass is 9.99. The van der Waals surface area contributed by atoms with E-state index in [1.54, 1.807) is 0 Å². The number of esters is 1. The van der Waals surface area contributed by atoms with Crippen molar-refractivity contribution in [1.29, 1.82) is 0 Å². The molecule has 0 saturated carbocycles. The maximum absolute atomic E-state index is 13.6. The number of hydrogen-bond acceptors (Lipinski definition) is 3. The van der Waals surface area contributed by atoms with Gasteiger partial charge in [0.25, 0.3) is 0 Å². The lowest BCUT2D eigenvalue weighted by Gasteiger charge is -2.22. The van der Waals surface area contributed by atoms with Gasteiger partial charge < -0.3 is 10.5 Å². The highest BCUT2D eigenvalue weighted by Gasteiger charge is 2.48. The Morgan fingerprint density at radius 2 is 1.86 bits per heavy atom. The normalized spacial score (nSPS) is 13.9. The number of rotatable bonds is 4. The van der Waals surface area contributed by atoms with Crippen LogP contribution in [-0.2, 0) is 15.7 Å². The molecule has 3 nitrogen and oxygen atoms in total. The zero-order valence-corrected chi connectivity index (χ0v) is 10.7. The molecular formula is C12H11F6NO2. The zero-order chi connectivity index (χ0) is 16.4. The van der Waals surface area contributed by atoms with Crippen LogP contribution in [0.5, 0.6) is 0 Å². The van der Waals surface area contributed by atoms with Crippen molar-refractivity contribution in [2.75, 3.05) is 6.61 Å². The first-order valence-corrected chi connectivity index (χ1v) is 5.69. The minimum atomic E-state index is -4.96. The van der Waals surface area contributed by atoms with Crippen LogP contribution < -0.4 is 5.73 Å². The third-order valence-electron chi connectivity index (χ3n) is 2.60. The van der Waals surface area contributed by atoms with E-state index >= 15 is 0 Å². The molecule has 0 amide bonds. The van der Waals surface area contributed by atoms with E-state index in [-0.39, 0.29) is 18.7 Å². The Hall–Kier alpha value is -1.77. The molecule has 0 aliphatic heterocycles. The van der Waals surface area contributed by atoms with Crippen molar-refractivity contribution >= 4 is 5.97 Å². The van der Waals surface area contributed by atoms with Crippen molar-refractivity contribution in [3.63, 3.8) is 0 Å². The Labute approximate surface area is 115 Å². The fraction of sp³-hybridized carbons (Fsp3) is 0.417. The molecule has 0 fully saturated rings. The molecule has 118 valence electrons. The molecular weight excluding hydrogens is 304 g/mol. The molecule has 1 aromatic rings. The summed E-state index contributed by atoms with van der Waals surface area (Å²) in [5.74, 6) is -7.88. The summed E-state index contributed by atoms with van der Waals surface area (Å²) < 4.78 is 81.7. The molecule has 0 spiro atoms. The fourth-order valence-corrected chi connectivity index (χ4v) is 1.52. The van der Waals surface area contributed by atoms with Crippen LogP contribution in [0.25, 0.3) is 0 Å². The summed E-state index contributed by atoms with van der Waals surface area (Å²) in [4.78, 5) is 11.1. The number of alkyl halides is 5. The SMILES string of the molecule is CCOC(=O)C(F)(F)[C@H](N)c1ccc(C(F)(F)F)c(F)c1. The van der Waals surface area contributed by atoms with E-state index in [0.717, 1.165) is 0 Å². The highest BCUT2D eigenvalue weighted by molar-refractivity contribution is 5.78. The monoisotopic (exact) mass is 315 g/mol. The summed E-state index contributed by atoms with van der Waals surface area (Å²) in [5, 5.41) is 0. The van der Waals surface area contributed by atoms with Crippen LogP contribution in [-0.4, -0.2) is 18.5 Å². The van der Waals surface area contributed by atoms with E-state index in [4.69, 9.17) is 5.73 Å². The zero-order valence-electron chi connectivity index (χ0n) is 10.7. The molecule has 1 rings (SSSR count). The van der Waals surface area contributed by atoms with Gasteiger partial charge in [-0.1, -0.05) is 6.07 Å². The van der Waals surface area contributed by atoms with Crippen molar-refractivity contribution in [2.45, 2.75) is 25.1 Å². The van der Waals surface area contributed by atoms with Crippen molar-refractivity contribution < 1.29 is 35.9 Å². The molecule has 0 heterocycles. The highest BCUT2D eigenvalue weighted by Crippen LogP contribution is 2.35. The second-order valence-corrected chi connectivity index (χ2v) is 4.06. The smallest absolute Gasteiger partial charge is 0.419 e. The molecule has 1 aromatic carbocycles. The van der Waals surface area contributed by atoms with Crippen LogP contribution in [0, 0.1) is 5.82 Å². The Bertz CT molecular complexity index is 529. The van der Waals surface area contributed by atoms with Gasteiger partial charge in [-0.05, 0) is 24.6 Å². The molecule has 0 unspecified atom stereocenters. The Morgan fingerprint density at radius 1 is 1.29 bits per heavy atom. The predicted octanol–water partition coefficient (Wildman–Crippen LogP) is 3.04. The number of benzene rings is 1. The van der Waals surface area contributed by atoms with Gasteiger partial charge in [-0.15, -0.1) is 0 Å². The first-order valence-electron chi connectivity index (χ1n) is 5.69. The van der Waals surface area contributed by atoms with E-state index in [1.807, 2.05) is 0 Å². The van der Waals surface area contributed by atoms with Crippen LogP contribution in [0.1, 0.15) is 24.1 Å². The van der Waals surface area contributed by atoms with Gasteiger partial charge in [0.15, 0.2) is 0 Å². The van der Waals surface area contributed by atoms with Crippen LogP contribution in [0.2, 0.25) is 0 Å². The third kappa shape index (κ3) is 3.66. The van der Waals surface area contributed by atoms with E-state index in [9.17, 15) is 31.1 Å². The lowest BCUT2D eigenvalue weighted by Crippen LogP contribution is -2.41. The molecule has 0 aliphatic rings. The number of hydrogen-bond donors (Lipinski definition) is 1. The minimum absolute atomic E-state index is 0.223. The molecule has 1 atom stereocenters. The Balaban J connectivity index is 3.12. The molecule has 0 radical (unpaired) electrons. The van der Waals surface area contributed by atoms with Gasteiger partial charge in [0.2, 0.25) is 0 Å². The average Bonchev–Trinajstić information content (AvgIpc) is 2.36. The summed E-state index contributed by atoms with van der Waals surface area (Å²) in [6.07, 6.45) is -4.96. The average molecular weight is 315 g/mol. The van der Waals surface area contributed by atoms with Gasteiger partial charge in [-0.2, -0.15) is 22.0 Å². The summed E-state index contributed by atoms with van der Waals surface area (Å²) >= 11 is 0.